The molecule has 1 fully saturated rings. The number of fused-ring (bicyclic) bond motifs is 6. The average molecular weight is 2270 g/mol. The molecule has 1 aliphatic carbocycles. The minimum atomic E-state index is -4.39. The van der Waals surface area contributed by atoms with E-state index in [2.05, 4.69) is 54.2 Å². The van der Waals surface area contributed by atoms with Crippen LogP contribution in [0.25, 0.3) is 33.8 Å². The Morgan fingerprint density at radius 1 is 0.453 bits per heavy atom. The van der Waals surface area contributed by atoms with Gasteiger partial charge in [-0.05, 0) is 249 Å². The minimum absolute atomic E-state index is 0. The predicted octanol–water partition coefficient (Wildman–Crippen LogP) is 22.3. The Hall–Kier alpha value is -12.9. The number of aromatic nitrogens is 6. The number of carbonyl (C=O) groups is 3. The number of hydrogen-bond donors (Lipinski definition) is 3. The fourth-order valence-corrected chi connectivity index (χ4v) is 20.1. The molecule has 9 heterocycles. The Balaban J connectivity index is 0.000000159. The predicted molar refractivity (Wildman–Crippen MR) is 476 cm³/mol. The Kier molecular flexibility index (Phi) is 30.1. The van der Waals surface area contributed by atoms with Crippen molar-refractivity contribution in [1.29, 1.82) is 0 Å². The van der Waals surface area contributed by atoms with Crippen molar-refractivity contribution in [3.63, 3.8) is 0 Å². The number of carboxylic acids is 3. The van der Waals surface area contributed by atoms with Crippen molar-refractivity contribution in [1.82, 2.24) is 29.9 Å². The number of carboxylic acid groups (broad SMARTS) is 3. The van der Waals surface area contributed by atoms with E-state index >= 15 is 0 Å². The third-order valence-electron chi connectivity index (χ3n) is 22.3. The van der Waals surface area contributed by atoms with Crippen molar-refractivity contribution >= 4 is 75.2 Å². The van der Waals surface area contributed by atoms with E-state index in [0.717, 1.165) is 100 Å². The molecule has 3 N–H and O–H groups in total. The van der Waals surface area contributed by atoms with Crippen molar-refractivity contribution < 1.29 is 130 Å². The van der Waals surface area contributed by atoms with E-state index in [1.54, 1.807) is 68.0 Å². The van der Waals surface area contributed by atoms with E-state index in [0.29, 0.717) is 79.9 Å². The van der Waals surface area contributed by atoms with Crippen LogP contribution in [-0.4, -0.2) is 78.2 Å². The molecule has 0 bridgehead atoms. The van der Waals surface area contributed by atoms with Gasteiger partial charge in [0.25, 0.3) is 0 Å². The first kappa shape index (κ1) is 91.3. The van der Waals surface area contributed by atoms with Crippen LogP contribution in [0, 0.1) is 85.2 Å². The molecule has 15 aromatic rings. The molecule has 1 saturated carbocycles. The van der Waals surface area contributed by atoms with Gasteiger partial charge in [0.15, 0.2) is 13.8 Å². The van der Waals surface area contributed by atoms with E-state index in [1.807, 2.05) is 199 Å². The monoisotopic (exact) mass is 2270 g/mol. The molecule has 3 radical (unpaired) electrons. The molecule has 17 nitrogen and oxygen atoms in total. The van der Waals surface area contributed by atoms with Crippen LogP contribution >= 0.6 is 0 Å². The van der Waals surface area contributed by atoms with Gasteiger partial charge in [0.2, 0.25) is 0 Å². The molecule has 3 aliphatic heterocycles. The van der Waals surface area contributed by atoms with E-state index < -0.39 is 44.7 Å². The van der Waals surface area contributed by atoms with Gasteiger partial charge < -0.3 is 54.3 Å². The van der Waals surface area contributed by atoms with Crippen LogP contribution < -0.4 is 44.8 Å². The zero-order valence-corrected chi connectivity index (χ0v) is 78.3. The van der Waals surface area contributed by atoms with Gasteiger partial charge in [0.05, 0.1) is 28.4 Å². The van der Waals surface area contributed by atoms with E-state index in [1.165, 1.54) is 84.8 Å². The molecule has 0 amide bonds. The minimum Gasteiger partial charge on any atom is -0.502 e. The van der Waals surface area contributed by atoms with Crippen molar-refractivity contribution in [2.75, 3.05) is 16.8 Å². The van der Waals surface area contributed by atoms with Crippen LogP contribution in [-0.2, 0) is 66.5 Å². The van der Waals surface area contributed by atoms with E-state index in [9.17, 15) is 36.3 Å². The number of pyridine rings is 6. The molecule has 128 heavy (non-hydrogen) atoms. The summed E-state index contributed by atoms with van der Waals surface area (Å²) in [5.41, 5.74) is 16.0. The van der Waals surface area contributed by atoms with Crippen molar-refractivity contribution in [2.24, 2.45) is 0 Å². The fourth-order valence-electron chi connectivity index (χ4n) is 15.2. The van der Waals surface area contributed by atoms with Crippen LogP contribution in [0.1, 0.15) is 123 Å². The Labute approximate surface area is 784 Å². The quantitative estimate of drug-likeness (QED) is 0.0658. The molecule has 9 aromatic carbocycles. The maximum Gasteiger partial charge on any atom is 0.416 e. The summed E-state index contributed by atoms with van der Waals surface area (Å²) in [6, 6.07) is 79.6. The zero-order chi connectivity index (χ0) is 90.9. The Morgan fingerprint density at radius 2 is 0.984 bits per heavy atom. The summed E-state index contributed by atoms with van der Waals surface area (Å²) < 4.78 is 111. The fraction of sp³-hybridized carbons (Fsp3) is 0.147. The smallest absolute Gasteiger partial charge is 0.416 e. The molecule has 6 aromatic heterocycles. The molecular weight excluding hydrogens is 2180 g/mol. The third kappa shape index (κ3) is 20.7. The number of halogens is 5. The molecule has 0 saturated heterocycles. The average Bonchev–Trinajstić information content (AvgIpc) is 1.11. The van der Waals surface area contributed by atoms with E-state index in [4.69, 9.17) is 33.6 Å². The van der Waals surface area contributed by atoms with Crippen LogP contribution in [0.3, 0.4) is 0 Å². The summed E-state index contributed by atoms with van der Waals surface area (Å²) in [5, 5.41) is 29.8. The number of hydrogen-bond acceptors (Lipinski definition) is 14. The number of anilines is 5. The largest absolute Gasteiger partial charge is 0.502 e. The number of nitrogens with zero attached hydrogens (tertiary/aromatic N) is 8. The summed E-state index contributed by atoms with van der Waals surface area (Å²) in [6.45, 7) is 13.1. The first-order valence-corrected chi connectivity index (χ1v) is 41.9. The molecule has 0 unspecified atom stereocenters. The standard InChI is InChI=1S/C29H18F2NOSi.C24H14F3N2O.C22H21N2O.C11H13NO2.C10H13NO2.C6H5NO2.3Ir/c30-20-11-15-22(16-12-20)34(23-17-13-21(31)14-18-23)27-9-2-1-8-26(27)33-29-24(6-5-10-28(29)34)25-7-3-4-19-32-25;25-24(26,27)16-11-13-17(14-12-16)29-20-8-1-2-10-22(20)30-23-18(6-5-9-21(23)29)19-7-3-4-15-28-19;1-13-9-10-20-21(16(13)4)25-22-17(7-6-8-19(22)24(20)5)18-11-14(2)15(3)12-23-18;13-11(14)10-6-5-9(7-12-10)8-3-1-2-4-8;1-5-6(2)8(4)11-9(7(5)3)10(12)13;8-6(9)5-3-1-2-4-7-5;;;/h1-5,7-19H;1-5,7-15H;6,8-12H,1-5H3;5-8H,1-4H2,(H,13,14);1-4H3,(H,12,13);1-4H,(H,8,9);;;/q3*-1;;;;;;/i;;5D3;;;;;;. The normalized spacial score (nSPS) is 13.0. The molecule has 0 spiro atoms. The number of alkyl halides is 3. The van der Waals surface area contributed by atoms with Gasteiger partial charge >= 0.3 is 24.1 Å². The summed E-state index contributed by atoms with van der Waals surface area (Å²) in [4.78, 5) is 59.7. The molecule has 19 rings (SSSR count). The zero-order valence-electron chi connectivity index (χ0n) is 73.1. The first-order valence-electron chi connectivity index (χ1n) is 41.4. The molecule has 0 atom stereocenters. The number of rotatable bonds is 10. The molecule has 4 aliphatic rings. The van der Waals surface area contributed by atoms with Gasteiger partial charge in [-0.3, -0.25) is 0 Å². The van der Waals surface area contributed by atoms with E-state index in [-0.39, 0.29) is 89.0 Å². The van der Waals surface area contributed by atoms with Crippen LogP contribution in [0.4, 0.5) is 50.4 Å². The third-order valence-corrected chi connectivity index (χ3v) is 27.1. The van der Waals surface area contributed by atoms with Gasteiger partial charge in [-0.25, -0.2) is 38.1 Å². The van der Waals surface area contributed by atoms with Crippen molar-refractivity contribution in [3.05, 3.63) is 376 Å². The maximum atomic E-state index is 14.0. The topological polar surface area (TPSA) is 223 Å². The van der Waals surface area contributed by atoms with Gasteiger partial charge in [0.1, 0.15) is 40.3 Å². The molecular formula is C102H84F5Ir3N8O9Si-3. The van der Waals surface area contributed by atoms with Gasteiger partial charge in [0, 0.05) is 131 Å². The number of para-hydroxylation sites is 3. The maximum absolute atomic E-state index is 14.0. The molecule has 655 valence electrons. The summed E-state index contributed by atoms with van der Waals surface area (Å²) in [5.74, 6) is 0.687. The Bertz CT molecular complexity index is 6560. The second-order valence-corrected chi connectivity index (χ2v) is 33.7. The summed E-state index contributed by atoms with van der Waals surface area (Å²) in [6.07, 6.45) is 9.00. The van der Waals surface area contributed by atoms with Crippen LogP contribution in [0.5, 0.6) is 34.5 Å². The van der Waals surface area contributed by atoms with Gasteiger partial charge in [-0.1, -0.05) is 143 Å². The summed E-state index contributed by atoms with van der Waals surface area (Å²) >= 11 is 0. The number of aromatic carboxylic acids is 3. The number of benzene rings is 9. The SMILES string of the molecule is Cc1nc(C(=O)O)c(C)c(C)c1C.FC(F)(F)c1ccc(N2c3ccccc3Oc3c(-c4ccccn4)[c-]ccc32)cc1.Fc1ccc([Si]2(c3ccc(F)cc3)c3ccccc3Oc3c(-c4ccccn4)[c-]ccc32)cc1.O=C(O)c1ccc(C2CCCC2)cn1.O=C(O)c1ccccn1.[2H]C([2H])([2H])N1c2cc[c-]c(-c3cc(C)c(C)cn3)c2Oc2c1ccc(C)c2C.[Ir].[Ir].[Ir]. The Morgan fingerprint density at radius 3 is 1.53 bits per heavy atom. The van der Waals surface area contributed by atoms with Gasteiger partial charge in [-0.15, -0.1) is 54.6 Å². The first-order chi connectivity index (χ1) is 61.4. The van der Waals surface area contributed by atoms with Crippen molar-refractivity contribution in [2.45, 2.75) is 93.2 Å². The second-order valence-electron chi connectivity index (χ2n) is 29.9. The van der Waals surface area contributed by atoms with Crippen LogP contribution in [0.15, 0.2) is 274 Å². The van der Waals surface area contributed by atoms with Gasteiger partial charge in [-0.2, -0.15) is 13.2 Å². The molecule has 26 heteroatoms. The summed E-state index contributed by atoms with van der Waals surface area (Å²) in [7, 11) is -2.99. The number of ether oxygens (including phenoxy) is 3. The van der Waals surface area contributed by atoms with Crippen LogP contribution in [0.2, 0.25) is 0 Å². The van der Waals surface area contributed by atoms with Crippen molar-refractivity contribution in [3.8, 4) is 68.3 Å². The number of aryl methyl sites for hydroxylation is 4. The second kappa shape index (κ2) is 42.1.